The molecule has 0 aromatic heterocycles. The minimum atomic E-state index is -0.498. The van der Waals surface area contributed by atoms with Crippen molar-refractivity contribution in [3.8, 4) is 0 Å². The maximum atomic E-state index is 11.6. The van der Waals surface area contributed by atoms with Gasteiger partial charge in [-0.2, -0.15) is 0 Å². The van der Waals surface area contributed by atoms with E-state index >= 15 is 0 Å². The third-order valence-corrected chi connectivity index (χ3v) is 2.70. The molecule has 0 unspecified atom stereocenters. The summed E-state index contributed by atoms with van der Waals surface area (Å²) in [5, 5.41) is 17.8. The van der Waals surface area contributed by atoms with Crippen LogP contribution in [0.4, 0.5) is 4.79 Å². The maximum Gasteiger partial charge on any atom is 0.410 e. The lowest BCUT2D eigenvalue weighted by Gasteiger charge is -2.20. The quantitative estimate of drug-likeness (QED) is 0.656. The number of rotatable bonds is 3. The van der Waals surface area contributed by atoms with E-state index in [4.69, 9.17) is 10.1 Å². The van der Waals surface area contributed by atoms with Crippen molar-refractivity contribution < 1.29 is 14.6 Å². The van der Waals surface area contributed by atoms with Gasteiger partial charge in [-0.15, -0.1) is 0 Å². The fourth-order valence-electron chi connectivity index (χ4n) is 1.86. The van der Waals surface area contributed by atoms with Crippen LogP contribution in [0.15, 0.2) is 42.3 Å². The zero-order valence-electron chi connectivity index (χ0n) is 9.56. The van der Waals surface area contributed by atoms with Crippen LogP contribution in [0, 0.1) is 5.39 Å². The summed E-state index contributed by atoms with van der Waals surface area (Å²) >= 11 is 0. The summed E-state index contributed by atoms with van der Waals surface area (Å²) in [4.78, 5) is 15.7. The predicted octanol–water partition coefficient (Wildman–Crippen LogP) is 2.43. The number of ether oxygens (including phenoxy) is 1. The molecule has 0 aliphatic carbocycles. The topological polar surface area (TPSA) is 77.9 Å². The average molecular weight is 246 g/mol. The third kappa shape index (κ3) is 2.40. The Bertz CT molecular complexity index is 507. The summed E-state index contributed by atoms with van der Waals surface area (Å²) in [6, 6.07) is 9.15. The zero-order chi connectivity index (χ0) is 13.0. The number of nitrogens with zero attached hydrogens (tertiary/aromatic N) is 3. The van der Waals surface area contributed by atoms with Crippen LogP contribution in [0.25, 0.3) is 4.98 Å². The van der Waals surface area contributed by atoms with E-state index in [2.05, 4.69) is 4.98 Å². The Hall–Kier alpha value is -2.55. The molecule has 1 saturated heterocycles. The van der Waals surface area contributed by atoms with Crippen molar-refractivity contribution >= 4 is 6.09 Å². The minimum absolute atomic E-state index is 0.0531. The fourth-order valence-corrected chi connectivity index (χ4v) is 1.86. The molecule has 1 atom stereocenters. The molecule has 1 aromatic carbocycles. The number of hydrogen-bond donors (Lipinski definition) is 1. The summed E-state index contributed by atoms with van der Waals surface area (Å²) in [5.74, 6) is -0.211. The molecule has 2 rings (SSSR count). The number of carbonyl (C=O) groups excluding carboxylic acids is 1. The van der Waals surface area contributed by atoms with Crippen molar-refractivity contribution in [3.63, 3.8) is 0 Å². The Morgan fingerprint density at radius 3 is 2.94 bits per heavy atom. The summed E-state index contributed by atoms with van der Waals surface area (Å²) < 4.78 is 4.97. The van der Waals surface area contributed by atoms with Gasteiger partial charge in [0.2, 0.25) is 11.2 Å². The van der Waals surface area contributed by atoms with Crippen LogP contribution in [0.1, 0.15) is 11.6 Å². The SMILES string of the molecule is N#[N+]/C=C(\O)CN1C(=O)OC[C@@H]1c1ccccc1. The highest BCUT2D eigenvalue weighted by Crippen LogP contribution is 2.27. The zero-order valence-corrected chi connectivity index (χ0v) is 9.56. The number of diazo groups is 1. The van der Waals surface area contributed by atoms with Gasteiger partial charge in [-0.3, -0.25) is 4.90 Å². The lowest BCUT2D eigenvalue weighted by molar-refractivity contribution is 0.156. The van der Waals surface area contributed by atoms with Crippen molar-refractivity contribution in [1.29, 1.82) is 5.39 Å². The summed E-state index contributed by atoms with van der Waals surface area (Å²) in [7, 11) is 0. The van der Waals surface area contributed by atoms with E-state index in [1.807, 2.05) is 30.3 Å². The first-order valence-corrected chi connectivity index (χ1v) is 5.43. The van der Waals surface area contributed by atoms with Gasteiger partial charge >= 0.3 is 12.3 Å². The van der Waals surface area contributed by atoms with Crippen LogP contribution < -0.4 is 0 Å². The fraction of sp³-hybridized carbons (Fsp3) is 0.250. The van der Waals surface area contributed by atoms with Crippen LogP contribution in [0.3, 0.4) is 0 Å². The van der Waals surface area contributed by atoms with Gasteiger partial charge in [0.1, 0.15) is 6.61 Å². The number of benzene rings is 1. The number of cyclic esters (lactones) is 1. The van der Waals surface area contributed by atoms with Gasteiger partial charge in [0.15, 0.2) is 4.98 Å². The van der Waals surface area contributed by atoms with Gasteiger partial charge in [-0.1, -0.05) is 30.3 Å². The predicted molar refractivity (Wildman–Crippen MR) is 63.0 cm³/mol. The minimum Gasteiger partial charge on any atom is -0.504 e. The molecular weight excluding hydrogens is 234 g/mol. The molecule has 92 valence electrons. The second-order valence-electron chi connectivity index (χ2n) is 3.87. The highest BCUT2D eigenvalue weighted by Gasteiger charge is 2.34. The number of aliphatic hydroxyl groups is 1. The maximum absolute atomic E-state index is 11.6. The van der Waals surface area contributed by atoms with Gasteiger partial charge in [0.25, 0.3) is 0 Å². The molecule has 0 radical (unpaired) electrons. The van der Waals surface area contributed by atoms with Gasteiger partial charge in [-0.05, 0) is 5.56 Å². The van der Waals surface area contributed by atoms with E-state index in [1.54, 1.807) is 0 Å². The van der Waals surface area contributed by atoms with E-state index in [1.165, 1.54) is 4.90 Å². The van der Waals surface area contributed by atoms with Crippen LogP contribution in [-0.2, 0) is 4.74 Å². The van der Waals surface area contributed by atoms with Gasteiger partial charge < -0.3 is 9.84 Å². The smallest absolute Gasteiger partial charge is 0.410 e. The Kier molecular flexibility index (Phi) is 3.44. The van der Waals surface area contributed by atoms with Crippen molar-refractivity contribution in [3.05, 3.63) is 52.8 Å². The van der Waals surface area contributed by atoms with Crippen molar-refractivity contribution in [1.82, 2.24) is 4.90 Å². The third-order valence-electron chi connectivity index (χ3n) is 2.70. The molecule has 1 aliphatic rings. The normalized spacial score (nSPS) is 19.5. The molecule has 0 saturated carbocycles. The molecular formula is C12H12N3O3+. The standard InChI is InChI=1S/C12H11N3O3/c13-14-6-10(16)7-15-11(8-18-12(15)17)9-4-2-1-3-5-9/h1-6,11H,7-8H2/p+1/b10-6-/t11-/m1/s1. The molecule has 1 heterocycles. The molecule has 0 spiro atoms. The highest BCUT2D eigenvalue weighted by molar-refractivity contribution is 5.70. The van der Waals surface area contributed by atoms with Crippen LogP contribution in [0.5, 0.6) is 0 Å². The molecule has 18 heavy (non-hydrogen) atoms. The van der Waals surface area contributed by atoms with E-state index < -0.39 is 6.09 Å². The van der Waals surface area contributed by atoms with Crippen molar-refractivity contribution in [2.45, 2.75) is 6.04 Å². The molecule has 1 fully saturated rings. The molecule has 1 amide bonds. The summed E-state index contributed by atoms with van der Waals surface area (Å²) in [6.07, 6.45) is 0.384. The lowest BCUT2D eigenvalue weighted by atomic mass is 10.1. The van der Waals surface area contributed by atoms with Gasteiger partial charge in [0, 0.05) is 0 Å². The first-order valence-electron chi connectivity index (χ1n) is 5.43. The van der Waals surface area contributed by atoms with E-state index in [-0.39, 0.29) is 25.0 Å². The molecule has 1 aromatic rings. The number of amides is 1. The van der Waals surface area contributed by atoms with Crippen molar-refractivity contribution in [2.75, 3.05) is 13.2 Å². The Morgan fingerprint density at radius 1 is 1.56 bits per heavy atom. The van der Waals surface area contributed by atoms with Crippen LogP contribution in [-0.4, -0.2) is 29.3 Å². The number of hydrogen-bond acceptors (Lipinski definition) is 4. The van der Waals surface area contributed by atoms with Gasteiger partial charge in [0.05, 0.1) is 12.6 Å². The lowest BCUT2D eigenvalue weighted by Crippen LogP contribution is -2.29. The summed E-state index contributed by atoms with van der Waals surface area (Å²) in [6.45, 7) is 0.189. The second kappa shape index (κ2) is 5.19. The Morgan fingerprint density at radius 2 is 2.28 bits per heavy atom. The second-order valence-corrected chi connectivity index (χ2v) is 3.87. The average Bonchev–Trinajstić information content (AvgIpc) is 2.73. The molecule has 1 aliphatic heterocycles. The monoisotopic (exact) mass is 246 g/mol. The number of aliphatic hydroxyl groups excluding tert-OH is 1. The van der Waals surface area contributed by atoms with E-state index in [0.717, 1.165) is 11.8 Å². The first kappa shape index (κ1) is 11.9. The molecule has 6 heteroatoms. The largest absolute Gasteiger partial charge is 0.504 e. The van der Waals surface area contributed by atoms with Crippen LogP contribution in [0.2, 0.25) is 0 Å². The molecule has 1 N–H and O–H groups in total. The van der Waals surface area contributed by atoms with Gasteiger partial charge in [-0.25, -0.2) is 4.79 Å². The summed E-state index contributed by atoms with van der Waals surface area (Å²) in [5.41, 5.74) is 0.928. The molecule has 0 bridgehead atoms. The Labute approximate surface area is 104 Å². The number of carbonyl (C=O) groups is 1. The van der Waals surface area contributed by atoms with Crippen LogP contribution >= 0.6 is 0 Å². The highest BCUT2D eigenvalue weighted by atomic mass is 16.6. The molecule has 6 nitrogen and oxygen atoms in total. The first-order chi connectivity index (χ1) is 8.72. The van der Waals surface area contributed by atoms with E-state index in [9.17, 15) is 9.90 Å². The van der Waals surface area contributed by atoms with E-state index in [0.29, 0.717) is 0 Å². The Balaban J connectivity index is 2.19. The van der Waals surface area contributed by atoms with Crippen molar-refractivity contribution in [2.24, 2.45) is 0 Å².